The Morgan fingerprint density at radius 1 is 0.698 bits per heavy atom. The third-order valence-corrected chi connectivity index (χ3v) is 9.06. The van der Waals surface area contributed by atoms with Gasteiger partial charge < -0.3 is 4.98 Å². The van der Waals surface area contributed by atoms with Gasteiger partial charge in [0.15, 0.2) is 5.78 Å². The molecule has 214 valence electrons. The Labute approximate surface area is 252 Å². The van der Waals surface area contributed by atoms with Gasteiger partial charge in [-0.15, -0.1) is 0 Å². The Balaban J connectivity index is 1.57. The summed E-state index contributed by atoms with van der Waals surface area (Å²) in [4.78, 5) is 27.6. The number of hydrogen-bond donors (Lipinski definition) is 2. The van der Waals surface area contributed by atoms with Crippen molar-refractivity contribution in [1.29, 1.82) is 0 Å². The number of carbonyl (C=O) groups excluding carboxylic acids is 1. The van der Waals surface area contributed by atoms with Crippen LogP contribution in [0.1, 0.15) is 47.2 Å². The molecular formula is C38H36N4O. The average Bonchev–Trinajstić information content (AvgIpc) is 3.75. The van der Waals surface area contributed by atoms with Gasteiger partial charge in [-0.05, 0) is 98.5 Å². The molecule has 43 heavy (non-hydrogen) atoms. The monoisotopic (exact) mass is 564 g/mol. The molecule has 2 atom stereocenters. The molecule has 8 bridgehead atoms. The highest BCUT2D eigenvalue weighted by Crippen LogP contribution is 2.34. The van der Waals surface area contributed by atoms with E-state index in [-0.39, 0.29) is 11.8 Å². The van der Waals surface area contributed by atoms with E-state index in [4.69, 9.17) is 9.98 Å². The molecule has 4 aliphatic rings. The van der Waals surface area contributed by atoms with E-state index in [9.17, 15) is 4.79 Å². The number of hydrogen-bond acceptors (Lipinski definition) is 4. The zero-order chi connectivity index (χ0) is 30.0. The summed E-state index contributed by atoms with van der Waals surface area (Å²) >= 11 is 0. The number of H-pyrrole nitrogens is 1. The Kier molecular flexibility index (Phi) is 6.33. The minimum absolute atomic E-state index is 0.157. The SMILES string of the molecule is Cc1ccc(/C2=c3\cc/c([nH]3)=C(\c3c(C)cc(C)cc3C)C3=N/C(=C\C4NC(/C=C5/C=CC2=N5)C(C)(C)C4=O)C=C3)cc1. The lowest BCUT2D eigenvalue weighted by molar-refractivity contribution is -0.124. The van der Waals surface area contributed by atoms with Crippen LogP contribution in [0, 0.1) is 33.1 Å². The van der Waals surface area contributed by atoms with Crippen molar-refractivity contribution in [2.75, 3.05) is 0 Å². The first-order valence-corrected chi connectivity index (χ1v) is 15.0. The standard InChI is InChI=1S/C38H36N4O/c1-21-7-9-25(10-8-21)35-28-13-12-27(40-28)20-33-38(5,6)37(43)32(42-33)19-26-11-14-30(39-26)36(31-16-15-29(35)41-31)34-23(3)17-22(2)18-24(34)4/h7-20,32-33,41-42H,1-6H3/b26-19-,27-20-,35-29-,36-31+. The molecule has 1 aromatic heterocycles. The quantitative estimate of drug-likeness (QED) is 0.439. The molecule has 5 nitrogen and oxygen atoms in total. The van der Waals surface area contributed by atoms with Crippen molar-refractivity contribution < 1.29 is 4.79 Å². The molecule has 2 aromatic carbocycles. The van der Waals surface area contributed by atoms with E-state index < -0.39 is 11.5 Å². The van der Waals surface area contributed by atoms with Crippen molar-refractivity contribution in [3.8, 4) is 0 Å². The maximum absolute atomic E-state index is 13.6. The number of benzene rings is 2. The molecule has 2 N–H and O–H groups in total. The number of aryl methyl sites for hydroxylation is 4. The molecule has 0 saturated carbocycles. The third-order valence-electron chi connectivity index (χ3n) is 9.06. The summed E-state index contributed by atoms with van der Waals surface area (Å²) in [7, 11) is 0. The second kappa shape index (κ2) is 9.99. The van der Waals surface area contributed by atoms with Crippen molar-refractivity contribution >= 4 is 28.4 Å². The molecule has 1 saturated heterocycles. The molecule has 4 aliphatic heterocycles. The summed E-state index contributed by atoms with van der Waals surface area (Å²) in [5.41, 5.74) is 12.0. The molecule has 7 rings (SSSR count). The van der Waals surface area contributed by atoms with Crippen LogP contribution in [0.5, 0.6) is 0 Å². The third kappa shape index (κ3) is 4.65. The van der Waals surface area contributed by atoms with Crippen molar-refractivity contribution in [3.05, 3.63) is 140 Å². The summed E-state index contributed by atoms with van der Waals surface area (Å²) in [6, 6.07) is 16.8. The smallest absolute Gasteiger partial charge is 0.161 e. The van der Waals surface area contributed by atoms with Crippen molar-refractivity contribution in [1.82, 2.24) is 10.3 Å². The number of fused-ring (bicyclic) bond motifs is 6. The number of allylic oxidation sites excluding steroid dienone is 4. The van der Waals surface area contributed by atoms with Crippen LogP contribution in [-0.4, -0.2) is 34.3 Å². The first-order chi connectivity index (χ1) is 20.6. The van der Waals surface area contributed by atoms with Crippen LogP contribution in [0.25, 0.3) is 11.1 Å². The highest BCUT2D eigenvalue weighted by molar-refractivity contribution is 6.31. The van der Waals surface area contributed by atoms with E-state index in [1.807, 2.05) is 32.1 Å². The summed E-state index contributed by atoms with van der Waals surface area (Å²) in [5, 5.41) is 5.54. The minimum atomic E-state index is -0.589. The number of nitrogens with one attached hydrogen (secondary N) is 2. The molecular weight excluding hydrogens is 528 g/mol. The topological polar surface area (TPSA) is 69.6 Å². The molecule has 2 unspecified atom stereocenters. The van der Waals surface area contributed by atoms with Crippen LogP contribution in [-0.2, 0) is 4.79 Å². The number of Topliss-reactive ketones (excluding diaryl/α,β-unsaturated/α-hetero) is 1. The summed E-state index contributed by atoms with van der Waals surface area (Å²) in [6.07, 6.45) is 12.3. The number of nitrogens with zero attached hydrogens (tertiary/aromatic N) is 2. The first kappa shape index (κ1) is 27.2. The summed E-state index contributed by atoms with van der Waals surface area (Å²) in [6.45, 7) is 12.6. The molecule has 0 spiro atoms. The van der Waals surface area contributed by atoms with Gasteiger partial charge in [-0.25, -0.2) is 9.98 Å². The maximum atomic E-state index is 13.6. The van der Waals surface area contributed by atoms with Crippen molar-refractivity contribution in [2.45, 2.75) is 53.6 Å². The van der Waals surface area contributed by atoms with Crippen molar-refractivity contribution in [3.63, 3.8) is 0 Å². The van der Waals surface area contributed by atoms with E-state index in [0.717, 1.165) is 50.2 Å². The Morgan fingerprint density at radius 2 is 1.28 bits per heavy atom. The second-order valence-electron chi connectivity index (χ2n) is 12.7. The summed E-state index contributed by atoms with van der Waals surface area (Å²) < 4.78 is 0. The van der Waals surface area contributed by atoms with E-state index in [2.05, 4.69) is 105 Å². The lowest BCUT2D eigenvalue weighted by Crippen LogP contribution is -2.33. The molecule has 0 amide bonds. The molecule has 5 heteroatoms. The van der Waals surface area contributed by atoms with Crippen molar-refractivity contribution in [2.24, 2.45) is 15.4 Å². The fourth-order valence-corrected chi connectivity index (χ4v) is 6.80. The van der Waals surface area contributed by atoms with E-state index in [1.165, 1.54) is 27.8 Å². The number of ketones is 1. The van der Waals surface area contributed by atoms with Crippen LogP contribution in [0.3, 0.4) is 0 Å². The van der Waals surface area contributed by atoms with Gasteiger partial charge in [-0.3, -0.25) is 10.1 Å². The molecule has 1 fully saturated rings. The van der Waals surface area contributed by atoms with Crippen LogP contribution >= 0.6 is 0 Å². The van der Waals surface area contributed by atoms with Crippen LogP contribution in [0.4, 0.5) is 0 Å². The lowest BCUT2D eigenvalue weighted by atomic mass is 9.82. The predicted molar refractivity (Wildman–Crippen MR) is 176 cm³/mol. The Morgan fingerprint density at radius 3 is 1.93 bits per heavy atom. The summed E-state index contributed by atoms with van der Waals surface area (Å²) in [5.74, 6) is 0.157. The van der Waals surface area contributed by atoms with E-state index >= 15 is 0 Å². The lowest BCUT2D eigenvalue weighted by Gasteiger charge is -2.21. The van der Waals surface area contributed by atoms with Gasteiger partial charge >= 0.3 is 0 Å². The fourth-order valence-electron chi connectivity index (χ4n) is 6.80. The van der Waals surface area contributed by atoms with Crippen LogP contribution in [0.2, 0.25) is 0 Å². The normalized spacial score (nSPS) is 27.1. The van der Waals surface area contributed by atoms with E-state index in [0.29, 0.717) is 0 Å². The highest BCUT2D eigenvalue weighted by Gasteiger charge is 2.46. The zero-order valence-electron chi connectivity index (χ0n) is 25.5. The highest BCUT2D eigenvalue weighted by atomic mass is 16.1. The first-order valence-electron chi connectivity index (χ1n) is 15.0. The molecule has 0 aliphatic carbocycles. The molecule has 3 aromatic rings. The Hall–Kier alpha value is -4.61. The van der Waals surface area contributed by atoms with Crippen LogP contribution in [0.15, 0.2) is 106 Å². The van der Waals surface area contributed by atoms with Gasteiger partial charge in [0, 0.05) is 33.3 Å². The van der Waals surface area contributed by atoms with Gasteiger partial charge in [0.2, 0.25) is 0 Å². The van der Waals surface area contributed by atoms with Gasteiger partial charge in [-0.2, -0.15) is 0 Å². The fraction of sp³-hybridized carbons (Fsp3) is 0.237. The minimum Gasteiger partial charge on any atom is -0.354 e. The number of carbonyl (C=O) groups is 1. The largest absolute Gasteiger partial charge is 0.354 e. The number of aromatic amines is 1. The van der Waals surface area contributed by atoms with Gasteiger partial charge in [0.25, 0.3) is 0 Å². The molecule has 5 heterocycles. The second-order valence-corrected chi connectivity index (χ2v) is 12.7. The molecule has 0 radical (unpaired) electrons. The average molecular weight is 565 g/mol. The van der Waals surface area contributed by atoms with Gasteiger partial charge in [0.1, 0.15) is 0 Å². The predicted octanol–water partition coefficient (Wildman–Crippen LogP) is 5.39. The Bertz CT molecular complexity index is 2000. The van der Waals surface area contributed by atoms with Crippen LogP contribution < -0.4 is 16.0 Å². The number of aromatic nitrogens is 1. The van der Waals surface area contributed by atoms with E-state index in [1.54, 1.807) is 0 Å². The van der Waals surface area contributed by atoms with Gasteiger partial charge in [-0.1, -0.05) is 61.4 Å². The number of rotatable bonds is 2. The zero-order valence-corrected chi connectivity index (χ0v) is 25.5. The number of aliphatic imine (C=N–C) groups is 2. The maximum Gasteiger partial charge on any atom is 0.161 e. The van der Waals surface area contributed by atoms with Gasteiger partial charge in [0.05, 0.1) is 28.9 Å².